The van der Waals surface area contributed by atoms with E-state index < -0.39 is 28.0 Å². The smallest absolute Gasteiger partial charge is 0.307 e. The van der Waals surface area contributed by atoms with Gasteiger partial charge in [-0.25, -0.2) is 13.1 Å². The molecule has 0 saturated heterocycles. The second-order valence-electron chi connectivity index (χ2n) is 3.88. The van der Waals surface area contributed by atoms with Crippen molar-refractivity contribution in [2.45, 2.75) is 24.8 Å². The van der Waals surface area contributed by atoms with Crippen LogP contribution in [0.4, 0.5) is 0 Å². The Labute approximate surface area is 114 Å². The maximum atomic E-state index is 12.0. The van der Waals surface area contributed by atoms with Crippen LogP contribution < -0.4 is 4.72 Å². The van der Waals surface area contributed by atoms with Crippen LogP contribution in [0.25, 0.3) is 0 Å². The quantitative estimate of drug-likeness (QED) is 0.842. The molecule has 2 atom stereocenters. The molecule has 2 N–H and O–H groups in total. The van der Waals surface area contributed by atoms with Gasteiger partial charge < -0.3 is 5.11 Å². The zero-order valence-electron chi connectivity index (χ0n) is 9.79. The molecule has 1 aromatic rings. The highest BCUT2D eigenvalue weighted by Gasteiger charge is 2.25. The zero-order valence-corrected chi connectivity index (χ0v) is 12.2. The highest BCUT2D eigenvalue weighted by molar-refractivity contribution is 9.10. The molecule has 8 heteroatoms. The highest BCUT2D eigenvalue weighted by Crippen LogP contribution is 2.15. The molecule has 0 aliphatic carbocycles. The molecule has 6 nitrogen and oxygen atoms in total. The predicted molar refractivity (Wildman–Crippen MR) is 68.5 cm³/mol. The van der Waals surface area contributed by atoms with Crippen LogP contribution in [0, 0.1) is 5.92 Å². The number of halogens is 1. The van der Waals surface area contributed by atoms with Crippen molar-refractivity contribution in [1.29, 1.82) is 0 Å². The number of carboxylic acid groups (broad SMARTS) is 1. The van der Waals surface area contributed by atoms with Crippen molar-refractivity contribution in [3.8, 4) is 0 Å². The molecule has 0 spiro atoms. The van der Waals surface area contributed by atoms with E-state index in [1.165, 1.54) is 32.3 Å². The van der Waals surface area contributed by atoms with Crippen LogP contribution in [-0.2, 0) is 14.8 Å². The molecule has 0 aliphatic heterocycles. The summed E-state index contributed by atoms with van der Waals surface area (Å²) in [4.78, 5) is 14.5. The number of aliphatic carboxylic acids is 1. The number of rotatable bonds is 5. The molecule has 1 aromatic heterocycles. The van der Waals surface area contributed by atoms with Crippen LogP contribution in [0.1, 0.15) is 13.8 Å². The van der Waals surface area contributed by atoms with Crippen molar-refractivity contribution in [3.05, 3.63) is 22.9 Å². The van der Waals surface area contributed by atoms with E-state index in [0.717, 1.165) is 0 Å². The Hall–Kier alpha value is -0.990. The lowest BCUT2D eigenvalue weighted by atomic mass is 10.1. The van der Waals surface area contributed by atoms with Gasteiger partial charge in [-0.15, -0.1) is 0 Å². The molecule has 0 radical (unpaired) electrons. The van der Waals surface area contributed by atoms with E-state index in [2.05, 4.69) is 25.6 Å². The van der Waals surface area contributed by atoms with E-state index in [4.69, 9.17) is 5.11 Å². The van der Waals surface area contributed by atoms with Gasteiger partial charge in [0, 0.05) is 22.9 Å². The maximum Gasteiger partial charge on any atom is 0.307 e. The fraction of sp³-hybridized carbons (Fsp3) is 0.400. The van der Waals surface area contributed by atoms with Gasteiger partial charge in [-0.05, 0) is 28.9 Å². The summed E-state index contributed by atoms with van der Waals surface area (Å²) in [5.74, 6) is -1.88. The Bertz CT molecular complexity index is 547. The molecule has 0 fully saturated rings. The lowest BCUT2D eigenvalue weighted by Crippen LogP contribution is -2.40. The van der Waals surface area contributed by atoms with Crippen LogP contribution in [-0.4, -0.2) is 30.5 Å². The number of hydrogen-bond acceptors (Lipinski definition) is 4. The number of carboxylic acids is 1. The van der Waals surface area contributed by atoms with Crippen molar-refractivity contribution in [2.24, 2.45) is 5.92 Å². The molecule has 0 aromatic carbocycles. The zero-order chi connectivity index (χ0) is 13.9. The Morgan fingerprint density at radius 2 is 2.06 bits per heavy atom. The number of aromatic nitrogens is 1. The van der Waals surface area contributed by atoms with E-state index >= 15 is 0 Å². The van der Waals surface area contributed by atoms with Gasteiger partial charge in [0.15, 0.2) is 0 Å². The number of nitrogens with one attached hydrogen (secondary N) is 1. The summed E-state index contributed by atoms with van der Waals surface area (Å²) in [5.41, 5.74) is 0. The summed E-state index contributed by atoms with van der Waals surface area (Å²) in [6, 6.07) is 0.680. The molecule has 0 amide bonds. The topological polar surface area (TPSA) is 96.4 Å². The van der Waals surface area contributed by atoms with E-state index in [9.17, 15) is 13.2 Å². The molecule has 0 aliphatic rings. The molecule has 0 bridgehead atoms. The van der Waals surface area contributed by atoms with Crippen LogP contribution in [0.5, 0.6) is 0 Å². The number of carbonyl (C=O) groups is 1. The summed E-state index contributed by atoms with van der Waals surface area (Å²) in [6.07, 6.45) is 2.66. The van der Waals surface area contributed by atoms with Crippen LogP contribution in [0.15, 0.2) is 27.8 Å². The SMILES string of the molecule is CC(NS(=O)(=O)c1cncc(Br)c1)C(C)C(=O)O. The monoisotopic (exact) mass is 336 g/mol. The van der Waals surface area contributed by atoms with Crippen molar-refractivity contribution in [1.82, 2.24) is 9.71 Å². The van der Waals surface area contributed by atoms with Gasteiger partial charge in [0.1, 0.15) is 4.90 Å². The minimum Gasteiger partial charge on any atom is -0.481 e. The summed E-state index contributed by atoms with van der Waals surface area (Å²) < 4.78 is 26.8. The Morgan fingerprint density at radius 1 is 1.44 bits per heavy atom. The largest absolute Gasteiger partial charge is 0.481 e. The van der Waals surface area contributed by atoms with Gasteiger partial charge in [0.25, 0.3) is 0 Å². The average Bonchev–Trinajstić information content (AvgIpc) is 2.27. The molecule has 2 unspecified atom stereocenters. The maximum absolute atomic E-state index is 12.0. The predicted octanol–water partition coefficient (Wildman–Crippen LogP) is 1.23. The molecule has 1 rings (SSSR count). The molecular weight excluding hydrogens is 324 g/mol. The number of nitrogens with zero attached hydrogens (tertiary/aromatic N) is 1. The summed E-state index contributed by atoms with van der Waals surface area (Å²) in [7, 11) is -3.77. The van der Waals surface area contributed by atoms with E-state index in [-0.39, 0.29) is 4.90 Å². The Kier molecular flexibility index (Phi) is 4.83. The molecule has 18 heavy (non-hydrogen) atoms. The number of hydrogen-bond donors (Lipinski definition) is 2. The van der Waals surface area contributed by atoms with E-state index in [1.54, 1.807) is 0 Å². The first-order valence-corrected chi connectivity index (χ1v) is 7.37. The first-order chi connectivity index (χ1) is 8.24. The Morgan fingerprint density at radius 3 is 2.56 bits per heavy atom. The van der Waals surface area contributed by atoms with Gasteiger partial charge in [0.05, 0.1) is 5.92 Å². The number of pyridine rings is 1. The van der Waals surface area contributed by atoms with Gasteiger partial charge in [-0.3, -0.25) is 9.78 Å². The second kappa shape index (κ2) is 5.77. The third-order valence-electron chi connectivity index (χ3n) is 2.47. The lowest BCUT2D eigenvalue weighted by Gasteiger charge is -2.17. The van der Waals surface area contributed by atoms with Crippen molar-refractivity contribution in [2.75, 3.05) is 0 Å². The average molecular weight is 337 g/mol. The lowest BCUT2D eigenvalue weighted by molar-refractivity contribution is -0.141. The number of sulfonamides is 1. The van der Waals surface area contributed by atoms with Crippen LogP contribution in [0.2, 0.25) is 0 Å². The fourth-order valence-corrected chi connectivity index (χ4v) is 3.00. The minimum absolute atomic E-state index is 0.0127. The fourth-order valence-electron chi connectivity index (χ4n) is 1.17. The Balaban J connectivity index is 2.92. The van der Waals surface area contributed by atoms with Crippen LogP contribution in [0.3, 0.4) is 0 Å². The van der Waals surface area contributed by atoms with Crippen molar-refractivity contribution >= 4 is 31.9 Å². The second-order valence-corrected chi connectivity index (χ2v) is 6.51. The summed E-state index contributed by atoms with van der Waals surface area (Å²) >= 11 is 3.12. The first-order valence-electron chi connectivity index (χ1n) is 5.09. The van der Waals surface area contributed by atoms with Crippen molar-refractivity contribution in [3.63, 3.8) is 0 Å². The third-order valence-corrected chi connectivity index (χ3v) is 4.43. The molecule has 100 valence electrons. The van der Waals surface area contributed by atoms with Gasteiger partial charge in [0.2, 0.25) is 10.0 Å². The minimum atomic E-state index is -3.77. The van der Waals surface area contributed by atoms with Gasteiger partial charge >= 0.3 is 5.97 Å². The molecule has 0 saturated carbocycles. The first kappa shape index (κ1) is 15.1. The van der Waals surface area contributed by atoms with Gasteiger partial charge in [-0.2, -0.15) is 0 Å². The molecular formula is C10H13BrN2O4S. The van der Waals surface area contributed by atoms with E-state index in [1.807, 2.05) is 0 Å². The standard InChI is InChI=1S/C10H13BrN2O4S/c1-6(10(14)15)7(2)13-18(16,17)9-3-8(11)4-12-5-9/h3-7,13H,1-2H3,(H,14,15). The summed E-state index contributed by atoms with van der Waals surface area (Å²) in [5, 5.41) is 8.81. The third kappa shape index (κ3) is 3.76. The van der Waals surface area contributed by atoms with Crippen LogP contribution >= 0.6 is 15.9 Å². The van der Waals surface area contributed by atoms with Crippen molar-refractivity contribution < 1.29 is 18.3 Å². The normalized spacial score (nSPS) is 15.1. The highest BCUT2D eigenvalue weighted by atomic mass is 79.9. The molecule has 1 heterocycles. The summed E-state index contributed by atoms with van der Waals surface area (Å²) in [6.45, 7) is 2.94. The van der Waals surface area contributed by atoms with E-state index in [0.29, 0.717) is 4.47 Å². The van der Waals surface area contributed by atoms with Gasteiger partial charge in [-0.1, -0.05) is 6.92 Å².